The maximum atomic E-state index is 10.00. The first kappa shape index (κ1) is 15.6. The van der Waals surface area contributed by atoms with Gasteiger partial charge in [-0.25, -0.2) is 0 Å². The molecule has 0 aromatic heterocycles. The van der Waals surface area contributed by atoms with E-state index in [1.807, 2.05) is 0 Å². The van der Waals surface area contributed by atoms with Gasteiger partial charge in [-0.1, -0.05) is 45.8 Å². The zero-order valence-corrected chi connectivity index (χ0v) is 14.5. The fourth-order valence-corrected chi connectivity index (χ4v) is 6.17. The topological polar surface area (TPSA) is 20.2 Å². The van der Waals surface area contributed by atoms with Crippen LogP contribution in [-0.2, 0) is 0 Å². The second kappa shape index (κ2) is 5.41. The van der Waals surface area contributed by atoms with Crippen molar-refractivity contribution in [3.8, 4) is 0 Å². The summed E-state index contributed by atoms with van der Waals surface area (Å²) in [4.78, 5) is 0. The average Bonchev–Trinajstić information content (AvgIpc) is 2.46. The van der Waals surface area contributed by atoms with E-state index in [1.54, 1.807) is 5.57 Å². The molecule has 1 nitrogen and oxygen atoms in total. The number of rotatable bonds is 2. The number of fused-ring (bicyclic) bond motifs is 3. The predicted molar refractivity (Wildman–Crippen MR) is 89.0 cm³/mol. The summed E-state index contributed by atoms with van der Waals surface area (Å²) in [6, 6.07) is 0. The number of hydrogen-bond acceptors (Lipinski definition) is 1. The van der Waals surface area contributed by atoms with E-state index < -0.39 is 0 Å². The minimum atomic E-state index is 0.174. The third-order valence-corrected chi connectivity index (χ3v) is 7.50. The molecule has 1 heteroatoms. The highest BCUT2D eigenvalue weighted by molar-refractivity contribution is 5.22. The Morgan fingerprint density at radius 2 is 1.95 bits per heavy atom. The van der Waals surface area contributed by atoms with Crippen LogP contribution >= 0.6 is 0 Å². The monoisotopic (exact) mass is 290 g/mol. The van der Waals surface area contributed by atoms with Crippen molar-refractivity contribution in [3.05, 3.63) is 11.6 Å². The number of hydrogen-bond donors (Lipinski definition) is 1. The molecule has 0 heterocycles. The maximum Gasteiger partial charge on any atom is 0.0487 e. The molecule has 0 radical (unpaired) electrons. The normalized spacial score (nSPS) is 46.8. The molecule has 0 aromatic rings. The largest absolute Gasteiger partial charge is 0.396 e. The van der Waals surface area contributed by atoms with Crippen LogP contribution in [0.1, 0.15) is 72.6 Å². The molecule has 0 saturated heterocycles. The minimum absolute atomic E-state index is 0.174. The third kappa shape index (κ3) is 2.40. The standard InChI is InChI=1S/C20H34O/c1-14(2)15-6-8-17-16(12-15)7-9-18-19(3,13-21)10-5-11-20(17,18)4/h12,14-15,17-18,21H,5-11,13H2,1-4H3/t15-,17-,18-,19-,20+/m0/s1. The summed E-state index contributed by atoms with van der Waals surface area (Å²) in [6.45, 7) is 10.0. The van der Waals surface area contributed by atoms with E-state index in [0.717, 1.165) is 23.7 Å². The summed E-state index contributed by atoms with van der Waals surface area (Å²) in [5, 5.41) is 10.00. The zero-order chi connectivity index (χ0) is 15.3. The molecule has 3 aliphatic carbocycles. The van der Waals surface area contributed by atoms with Gasteiger partial charge in [-0.3, -0.25) is 0 Å². The molecule has 0 aromatic carbocycles. The average molecular weight is 290 g/mol. The lowest BCUT2D eigenvalue weighted by atomic mass is 9.45. The molecule has 0 aliphatic heterocycles. The molecule has 120 valence electrons. The van der Waals surface area contributed by atoms with Crippen LogP contribution in [0.2, 0.25) is 0 Å². The van der Waals surface area contributed by atoms with Gasteiger partial charge in [0.15, 0.2) is 0 Å². The Balaban J connectivity index is 1.91. The summed E-state index contributed by atoms with van der Waals surface area (Å²) in [7, 11) is 0. The lowest BCUT2D eigenvalue weighted by Crippen LogP contribution is -2.52. The number of aliphatic hydroxyl groups is 1. The molecule has 3 aliphatic rings. The molecule has 0 amide bonds. The van der Waals surface area contributed by atoms with Crippen molar-refractivity contribution in [2.24, 2.45) is 34.5 Å². The van der Waals surface area contributed by atoms with E-state index in [2.05, 4.69) is 33.8 Å². The van der Waals surface area contributed by atoms with Crippen LogP contribution in [0.15, 0.2) is 11.6 Å². The number of allylic oxidation sites excluding steroid dienone is 2. The SMILES string of the molecule is CC(C)[C@@H]1C=C2CC[C@H]3[C@](C)(CO)CCC[C@]3(C)[C@H]2CC1. The van der Waals surface area contributed by atoms with E-state index in [9.17, 15) is 5.11 Å². The predicted octanol–water partition coefficient (Wildman–Crippen LogP) is 5.19. The van der Waals surface area contributed by atoms with Gasteiger partial charge in [0.25, 0.3) is 0 Å². The van der Waals surface area contributed by atoms with Crippen molar-refractivity contribution in [2.45, 2.75) is 72.6 Å². The molecule has 5 atom stereocenters. The van der Waals surface area contributed by atoms with Crippen molar-refractivity contribution in [2.75, 3.05) is 6.61 Å². The van der Waals surface area contributed by atoms with E-state index in [-0.39, 0.29) is 5.41 Å². The lowest BCUT2D eigenvalue weighted by Gasteiger charge is -2.59. The summed E-state index contributed by atoms with van der Waals surface area (Å²) < 4.78 is 0. The van der Waals surface area contributed by atoms with Crippen molar-refractivity contribution < 1.29 is 5.11 Å². The highest BCUT2D eigenvalue weighted by Crippen LogP contribution is 2.63. The van der Waals surface area contributed by atoms with Crippen LogP contribution in [0.25, 0.3) is 0 Å². The highest BCUT2D eigenvalue weighted by Gasteiger charge is 2.54. The van der Waals surface area contributed by atoms with Gasteiger partial charge in [0, 0.05) is 6.61 Å². The fraction of sp³-hybridized carbons (Fsp3) is 0.900. The first-order valence-electron chi connectivity index (χ1n) is 9.22. The second-order valence-electron chi connectivity index (χ2n) is 9.04. The Labute approximate surface area is 131 Å². The summed E-state index contributed by atoms with van der Waals surface area (Å²) in [6.07, 6.45) is 11.9. The van der Waals surface area contributed by atoms with Crippen LogP contribution in [0, 0.1) is 34.5 Å². The molecule has 1 N–H and O–H groups in total. The molecular formula is C20H34O. The first-order chi connectivity index (χ1) is 9.90. The molecule has 21 heavy (non-hydrogen) atoms. The molecule has 2 saturated carbocycles. The molecule has 0 spiro atoms. The van der Waals surface area contributed by atoms with E-state index in [4.69, 9.17) is 0 Å². The minimum Gasteiger partial charge on any atom is -0.396 e. The highest BCUT2D eigenvalue weighted by atomic mass is 16.3. The van der Waals surface area contributed by atoms with Gasteiger partial charge in [0.2, 0.25) is 0 Å². The smallest absolute Gasteiger partial charge is 0.0487 e. The van der Waals surface area contributed by atoms with Crippen LogP contribution in [0.3, 0.4) is 0 Å². The van der Waals surface area contributed by atoms with E-state index >= 15 is 0 Å². The quantitative estimate of drug-likeness (QED) is 0.694. The van der Waals surface area contributed by atoms with Gasteiger partial charge < -0.3 is 5.11 Å². The second-order valence-corrected chi connectivity index (χ2v) is 9.04. The van der Waals surface area contributed by atoms with Gasteiger partial charge in [-0.2, -0.15) is 0 Å². The Kier molecular flexibility index (Phi) is 4.01. The summed E-state index contributed by atoms with van der Waals surface area (Å²) in [5.74, 6) is 3.13. The molecule has 0 unspecified atom stereocenters. The van der Waals surface area contributed by atoms with Crippen molar-refractivity contribution in [1.82, 2.24) is 0 Å². The Bertz CT molecular complexity index is 424. The number of aliphatic hydroxyl groups excluding tert-OH is 1. The van der Waals surface area contributed by atoms with E-state index in [1.165, 1.54) is 44.9 Å². The summed E-state index contributed by atoms with van der Waals surface area (Å²) >= 11 is 0. The lowest BCUT2D eigenvalue weighted by molar-refractivity contribution is -0.0888. The van der Waals surface area contributed by atoms with Crippen LogP contribution in [0.5, 0.6) is 0 Å². The van der Waals surface area contributed by atoms with Crippen LogP contribution in [-0.4, -0.2) is 11.7 Å². The van der Waals surface area contributed by atoms with Crippen molar-refractivity contribution >= 4 is 0 Å². The first-order valence-corrected chi connectivity index (χ1v) is 9.22. The fourth-order valence-electron chi connectivity index (χ4n) is 6.17. The van der Waals surface area contributed by atoms with Gasteiger partial charge in [0.05, 0.1) is 0 Å². The Morgan fingerprint density at radius 3 is 2.62 bits per heavy atom. The van der Waals surface area contributed by atoms with E-state index in [0.29, 0.717) is 12.0 Å². The van der Waals surface area contributed by atoms with Crippen molar-refractivity contribution in [1.29, 1.82) is 0 Å². The van der Waals surface area contributed by atoms with Crippen molar-refractivity contribution in [3.63, 3.8) is 0 Å². The van der Waals surface area contributed by atoms with Gasteiger partial charge >= 0.3 is 0 Å². The Morgan fingerprint density at radius 1 is 1.19 bits per heavy atom. The van der Waals surface area contributed by atoms with Crippen LogP contribution < -0.4 is 0 Å². The zero-order valence-electron chi connectivity index (χ0n) is 14.5. The van der Waals surface area contributed by atoms with Gasteiger partial charge in [-0.15, -0.1) is 0 Å². The third-order valence-electron chi connectivity index (χ3n) is 7.50. The van der Waals surface area contributed by atoms with Crippen LogP contribution in [0.4, 0.5) is 0 Å². The molecule has 2 fully saturated rings. The molecular weight excluding hydrogens is 256 g/mol. The Hall–Kier alpha value is -0.300. The van der Waals surface area contributed by atoms with Gasteiger partial charge in [-0.05, 0) is 73.0 Å². The molecule has 0 bridgehead atoms. The summed E-state index contributed by atoms with van der Waals surface area (Å²) in [5.41, 5.74) is 2.40. The maximum absolute atomic E-state index is 10.00. The van der Waals surface area contributed by atoms with Gasteiger partial charge in [0.1, 0.15) is 0 Å². The molecule has 3 rings (SSSR count).